The molecule has 2 rings (SSSR count). The Hall–Kier alpha value is -2.57. The van der Waals surface area contributed by atoms with Crippen LogP contribution in [0.5, 0.6) is 5.75 Å². The molecule has 2 N–H and O–H groups in total. The number of imide groups is 1. The molecule has 1 aromatic carbocycles. The van der Waals surface area contributed by atoms with E-state index in [0.717, 1.165) is 11.3 Å². The summed E-state index contributed by atoms with van der Waals surface area (Å²) in [6.07, 6.45) is 0.787. The second-order valence-electron chi connectivity index (χ2n) is 5.52. The van der Waals surface area contributed by atoms with Gasteiger partial charge in [-0.2, -0.15) is 0 Å². The third-order valence-electron chi connectivity index (χ3n) is 3.82. The lowest BCUT2D eigenvalue weighted by atomic mass is 9.92. The molecule has 0 aliphatic carbocycles. The number of methoxy groups -OCH3 is 1. The number of rotatable bonds is 6. The van der Waals surface area contributed by atoms with Crippen LogP contribution in [-0.2, 0) is 15.1 Å². The van der Waals surface area contributed by atoms with Gasteiger partial charge in [0.2, 0.25) is 5.91 Å². The lowest BCUT2D eigenvalue weighted by Gasteiger charge is -2.22. The maximum Gasteiger partial charge on any atom is 0.325 e. The topological polar surface area (TPSA) is 87.7 Å². The molecule has 0 unspecified atom stereocenters. The van der Waals surface area contributed by atoms with E-state index in [1.807, 2.05) is 6.92 Å². The zero-order chi connectivity index (χ0) is 17.0. The summed E-state index contributed by atoms with van der Waals surface area (Å²) >= 11 is 0. The molecular weight excluding hydrogens is 298 g/mol. The predicted molar refractivity (Wildman–Crippen MR) is 83.9 cm³/mol. The molecule has 23 heavy (non-hydrogen) atoms. The van der Waals surface area contributed by atoms with E-state index in [-0.39, 0.29) is 12.5 Å². The van der Waals surface area contributed by atoms with Crippen molar-refractivity contribution in [2.45, 2.75) is 25.8 Å². The summed E-state index contributed by atoms with van der Waals surface area (Å²) in [6, 6.07) is 6.31. The summed E-state index contributed by atoms with van der Waals surface area (Å²) in [6.45, 7) is 3.78. The van der Waals surface area contributed by atoms with E-state index in [1.54, 1.807) is 38.3 Å². The molecule has 1 aliphatic rings. The first kappa shape index (κ1) is 16.8. The standard InChI is InChI=1S/C16H21N3O4/c1-4-9-17-13(20)10-19-14(21)16(2,18-15(19)22)11-5-7-12(23-3)8-6-11/h5-8H,4,9-10H2,1-3H3,(H,17,20)(H,18,22)/t16-/m1/s1. The van der Waals surface area contributed by atoms with Crippen molar-refractivity contribution in [1.82, 2.24) is 15.5 Å². The van der Waals surface area contributed by atoms with Crippen molar-refractivity contribution in [3.05, 3.63) is 29.8 Å². The molecule has 0 aromatic heterocycles. The van der Waals surface area contributed by atoms with E-state index in [1.165, 1.54) is 0 Å². The average molecular weight is 319 g/mol. The monoisotopic (exact) mass is 319 g/mol. The van der Waals surface area contributed by atoms with Crippen LogP contribution in [0, 0.1) is 0 Å². The number of benzene rings is 1. The second kappa shape index (κ2) is 6.68. The van der Waals surface area contributed by atoms with E-state index in [0.29, 0.717) is 17.9 Å². The van der Waals surface area contributed by atoms with Gasteiger partial charge in [0, 0.05) is 6.54 Å². The normalized spacial score (nSPS) is 20.4. The largest absolute Gasteiger partial charge is 0.497 e. The van der Waals surface area contributed by atoms with Crippen LogP contribution in [0.2, 0.25) is 0 Å². The van der Waals surface area contributed by atoms with Gasteiger partial charge in [-0.1, -0.05) is 19.1 Å². The Morgan fingerprint density at radius 3 is 2.52 bits per heavy atom. The molecule has 4 amide bonds. The summed E-state index contributed by atoms with van der Waals surface area (Å²) in [5.74, 6) is -0.140. The number of hydrogen-bond acceptors (Lipinski definition) is 4. The lowest BCUT2D eigenvalue weighted by Crippen LogP contribution is -2.43. The Labute approximate surface area is 135 Å². The maximum absolute atomic E-state index is 12.6. The van der Waals surface area contributed by atoms with E-state index >= 15 is 0 Å². The van der Waals surface area contributed by atoms with Crippen LogP contribution >= 0.6 is 0 Å². The first-order valence-electron chi connectivity index (χ1n) is 7.47. The minimum absolute atomic E-state index is 0.281. The Bertz CT molecular complexity index is 614. The molecule has 7 heteroatoms. The molecule has 1 aromatic rings. The summed E-state index contributed by atoms with van der Waals surface area (Å²) in [7, 11) is 1.55. The number of carbonyl (C=O) groups is 3. The third-order valence-corrected chi connectivity index (χ3v) is 3.82. The van der Waals surface area contributed by atoms with Crippen molar-refractivity contribution >= 4 is 17.8 Å². The Balaban J connectivity index is 2.16. The fourth-order valence-corrected chi connectivity index (χ4v) is 2.42. The summed E-state index contributed by atoms with van der Waals surface area (Å²) < 4.78 is 5.09. The van der Waals surface area contributed by atoms with Gasteiger partial charge < -0.3 is 15.4 Å². The van der Waals surface area contributed by atoms with Gasteiger partial charge in [0.25, 0.3) is 5.91 Å². The number of amides is 4. The van der Waals surface area contributed by atoms with Crippen molar-refractivity contribution in [3.8, 4) is 5.75 Å². The van der Waals surface area contributed by atoms with Crippen LogP contribution in [-0.4, -0.2) is 42.9 Å². The molecule has 0 radical (unpaired) electrons. The zero-order valence-corrected chi connectivity index (χ0v) is 13.5. The van der Waals surface area contributed by atoms with Crippen LogP contribution in [0.3, 0.4) is 0 Å². The Morgan fingerprint density at radius 2 is 1.96 bits per heavy atom. The van der Waals surface area contributed by atoms with Crippen molar-refractivity contribution in [3.63, 3.8) is 0 Å². The molecule has 1 atom stereocenters. The summed E-state index contributed by atoms with van der Waals surface area (Å²) in [5, 5.41) is 5.32. The predicted octanol–water partition coefficient (Wildman–Crippen LogP) is 0.988. The summed E-state index contributed by atoms with van der Waals surface area (Å²) in [4.78, 5) is 37.4. The second-order valence-corrected chi connectivity index (χ2v) is 5.52. The number of nitrogens with zero attached hydrogens (tertiary/aromatic N) is 1. The number of hydrogen-bond donors (Lipinski definition) is 2. The van der Waals surface area contributed by atoms with E-state index in [2.05, 4.69) is 10.6 Å². The van der Waals surface area contributed by atoms with Gasteiger partial charge in [-0.05, 0) is 31.0 Å². The van der Waals surface area contributed by atoms with Crippen molar-refractivity contribution in [1.29, 1.82) is 0 Å². The zero-order valence-electron chi connectivity index (χ0n) is 13.5. The SMILES string of the molecule is CCCNC(=O)CN1C(=O)N[C@](C)(c2ccc(OC)cc2)C1=O. The first-order chi connectivity index (χ1) is 10.9. The van der Waals surface area contributed by atoms with E-state index < -0.39 is 17.5 Å². The maximum atomic E-state index is 12.6. The van der Waals surface area contributed by atoms with Crippen LogP contribution < -0.4 is 15.4 Å². The molecule has 1 fully saturated rings. The van der Waals surface area contributed by atoms with Crippen molar-refractivity contribution in [2.24, 2.45) is 0 Å². The fraction of sp³-hybridized carbons (Fsp3) is 0.438. The highest BCUT2D eigenvalue weighted by atomic mass is 16.5. The lowest BCUT2D eigenvalue weighted by molar-refractivity contribution is -0.134. The molecule has 0 bridgehead atoms. The third kappa shape index (κ3) is 3.28. The molecule has 0 spiro atoms. The highest BCUT2D eigenvalue weighted by molar-refractivity contribution is 6.09. The van der Waals surface area contributed by atoms with Gasteiger partial charge in [0.15, 0.2) is 0 Å². The minimum atomic E-state index is -1.19. The van der Waals surface area contributed by atoms with Crippen LogP contribution in [0.4, 0.5) is 4.79 Å². The van der Waals surface area contributed by atoms with Gasteiger partial charge in [-0.15, -0.1) is 0 Å². The van der Waals surface area contributed by atoms with Gasteiger partial charge >= 0.3 is 6.03 Å². The van der Waals surface area contributed by atoms with Gasteiger partial charge in [-0.3, -0.25) is 14.5 Å². The van der Waals surface area contributed by atoms with Gasteiger partial charge in [-0.25, -0.2) is 4.79 Å². The Kier molecular flexibility index (Phi) is 4.88. The van der Waals surface area contributed by atoms with Crippen LogP contribution in [0.1, 0.15) is 25.8 Å². The molecule has 1 heterocycles. The first-order valence-corrected chi connectivity index (χ1v) is 7.47. The molecular formula is C16H21N3O4. The van der Waals surface area contributed by atoms with Crippen LogP contribution in [0.25, 0.3) is 0 Å². The average Bonchev–Trinajstić information content (AvgIpc) is 2.77. The molecule has 1 aliphatic heterocycles. The van der Waals surface area contributed by atoms with Crippen molar-refractivity contribution < 1.29 is 19.1 Å². The fourth-order valence-electron chi connectivity index (χ4n) is 2.42. The molecule has 124 valence electrons. The highest BCUT2D eigenvalue weighted by Crippen LogP contribution is 2.29. The van der Waals surface area contributed by atoms with E-state index in [9.17, 15) is 14.4 Å². The van der Waals surface area contributed by atoms with Crippen LogP contribution in [0.15, 0.2) is 24.3 Å². The van der Waals surface area contributed by atoms with Crippen molar-refractivity contribution in [2.75, 3.05) is 20.2 Å². The minimum Gasteiger partial charge on any atom is -0.497 e. The molecule has 1 saturated heterocycles. The summed E-state index contributed by atoms with van der Waals surface area (Å²) in [5.41, 5.74) is -0.554. The van der Waals surface area contributed by atoms with Gasteiger partial charge in [0.05, 0.1) is 7.11 Å². The Morgan fingerprint density at radius 1 is 1.30 bits per heavy atom. The van der Waals surface area contributed by atoms with E-state index in [4.69, 9.17) is 4.74 Å². The van der Waals surface area contributed by atoms with Gasteiger partial charge in [0.1, 0.15) is 17.8 Å². The number of nitrogens with one attached hydrogen (secondary N) is 2. The number of carbonyl (C=O) groups excluding carboxylic acids is 3. The number of ether oxygens (including phenoxy) is 1. The molecule has 7 nitrogen and oxygen atoms in total. The quantitative estimate of drug-likeness (QED) is 0.765. The molecule has 0 saturated carbocycles. The smallest absolute Gasteiger partial charge is 0.325 e. The number of urea groups is 1. The highest BCUT2D eigenvalue weighted by Gasteiger charge is 2.49.